The van der Waals surface area contributed by atoms with E-state index in [0.29, 0.717) is 30.6 Å². The summed E-state index contributed by atoms with van der Waals surface area (Å²) < 4.78 is 16.8. The number of carbonyl (C=O) groups is 1. The minimum Gasteiger partial charge on any atom is -0.507 e. The van der Waals surface area contributed by atoms with Crippen LogP contribution in [0.25, 0.3) is 0 Å². The Kier molecular flexibility index (Phi) is 7.34. The maximum atomic E-state index is 10.9. The number of hydrogen-bond donors (Lipinski definition) is 2. The third-order valence-corrected chi connectivity index (χ3v) is 8.17. The van der Waals surface area contributed by atoms with Crippen LogP contribution in [-0.2, 0) is 14.9 Å². The molecule has 4 aliphatic carbocycles. The number of aliphatic hydroxyl groups is 1. The molecule has 6 heteroatoms. The van der Waals surface area contributed by atoms with E-state index in [-0.39, 0.29) is 23.5 Å². The van der Waals surface area contributed by atoms with Gasteiger partial charge >= 0.3 is 0 Å². The maximum Gasteiger partial charge on any atom is 0.189 e. The summed E-state index contributed by atoms with van der Waals surface area (Å²) in [5.74, 6) is 8.79. The van der Waals surface area contributed by atoms with E-state index in [1.807, 2.05) is 12.1 Å². The quantitative estimate of drug-likeness (QED) is 0.228. The van der Waals surface area contributed by atoms with Crippen molar-refractivity contribution in [2.24, 2.45) is 17.8 Å². The minimum atomic E-state index is -1.03. The highest BCUT2D eigenvalue weighted by molar-refractivity contribution is 5.79. The van der Waals surface area contributed by atoms with Crippen LogP contribution in [0.3, 0.4) is 0 Å². The number of ether oxygens (including phenoxy) is 3. The maximum absolute atomic E-state index is 10.9. The number of aldehydes is 1. The molecule has 0 spiro atoms. The highest BCUT2D eigenvalue weighted by atomic mass is 16.7. The second-order valence-corrected chi connectivity index (χ2v) is 10.7. The molecule has 6 nitrogen and oxygen atoms in total. The number of carbonyl (C=O) groups excluding carboxylic acids is 1. The van der Waals surface area contributed by atoms with Gasteiger partial charge in [0, 0.05) is 18.2 Å². The van der Waals surface area contributed by atoms with Crippen LogP contribution >= 0.6 is 0 Å². The fraction of sp³-hybridized carbons (Fsp3) is 0.500. The van der Waals surface area contributed by atoms with Gasteiger partial charge in [0.25, 0.3) is 0 Å². The molecule has 2 N–H and O–H groups in total. The Morgan fingerprint density at radius 1 is 1.06 bits per heavy atom. The molecule has 0 aromatic heterocycles. The predicted molar refractivity (Wildman–Crippen MR) is 135 cm³/mol. The third kappa shape index (κ3) is 5.15. The van der Waals surface area contributed by atoms with Gasteiger partial charge in [0.1, 0.15) is 17.6 Å². The average molecular weight is 491 g/mol. The van der Waals surface area contributed by atoms with Gasteiger partial charge in [0.05, 0.1) is 18.8 Å². The van der Waals surface area contributed by atoms with Crippen LogP contribution in [0.4, 0.5) is 0 Å². The molecule has 0 amide bonds. The zero-order chi connectivity index (χ0) is 25.1. The molecule has 0 saturated heterocycles. The fourth-order valence-electron chi connectivity index (χ4n) is 6.97. The zero-order valence-corrected chi connectivity index (χ0v) is 20.7. The van der Waals surface area contributed by atoms with Crippen molar-refractivity contribution < 1.29 is 29.2 Å². The summed E-state index contributed by atoms with van der Waals surface area (Å²) in [4.78, 5) is 10.9. The first kappa shape index (κ1) is 24.8. The highest BCUT2D eigenvalue weighted by Crippen LogP contribution is 2.62. The fourth-order valence-corrected chi connectivity index (χ4v) is 6.97. The van der Waals surface area contributed by atoms with Crippen LogP contribution in [0.15, 0.2) is 36.4 Å². The van der Waals surface area contributed by atoms with E-state index in [4.69, 9.17) is 14.2 Å². The van der Waals surface area contributed by atoms with Gasteiger partial charge in [0.15, 0.2) is 13.1 Å². The number of aromatic hydroxyl groups is 1. The first-order valence-electron chi connectivity index (χ1n) is 12.8. The molecule has 4 aliphatic rings. The Balaban J connectivity index is 1.40. The molecule has 1 unspecified atom stereocenters. The molecule has 0 heterocycles. The lowest BCUT2D eigenvalue weighted by atomic mass is 9.48. The molecular weight excluding hydrogens is 456 g/mol. The van der Waals surface area contributed by atoms with Gasteiger partial charge in [-0.2, -0.15) is 0 Å². The summed E-state index contributed by atoms with van der Waals surface area (Å²) in [5, 5.41) is 20.7. The Hall–Kier alpha value is -2.85. The van der Waals surface area contributed by atoms with Crippen molar-refractivity contribution in [1.29, 1.82) is 0 Å². The van der Waals surface area contributed by atoms with E-state index in [2.05, 4.69) is 17.9 Å². The number of phenols is 1. The Morgan fingerprint density at radius 3 is 2.42 bits per heavy atom. The lowest BCUT2D eigenvalue weighted by Gasteiger charge is -2.57. The van der Waals surface area contributed by atoms with E-state index < -0.39 is 6.10 Å². The normalized spacial score (nSPS) is 26.8. The molecule has 2 aromatic carbocycles. The van der Waals surface area contributed by atoms with Crippen LogP contribution < -0.4 is 4.74 Å². The van der Waals surface area contributed by atoms with Gasteiger partial charge < -0.3 is 24.4 Å². The highest BCUT2D eigenvalue weighted by Gasteiger charge is 2.52. The summed E-state index contributed by atoms with van der Waals surface area (Å²) in [6.07, 6.45) is 7.29. The number of rotatable bonds is 9. The van der Waals surface area contributed by atoms with Crippen LogP contribution in [0.1, 0.15) is 71.7 Å². The van der Waals surface area contributed by atoms with E-state index in [1.54, 1.807) is 13.2 Å². The minimum absolute atomic E-state index is 0.121. The standard InChI is InChI=1S/C30H34O6/c1-34-8-9-35-19-36-29-14-24(27(32)7-3-20-2-4-25(18-31)28(33)13-20)5-6-26(29)30-15-21-10-22(16-30)12-23(11-21)17-30/h2,4-6,13-14,18,21-23,27,32-33H,8-12,15-17,19H2,1H3. The predicted octanol–water partition coefficient (Wildman–Crippen LogP) is 4.76. The zero-order valence-electron chi connectivity index (χ0n) is 20.7. The molecule has 1 atom stereocenters. The van der Waals surface area contributed by atoms with Crippen LogP contribution in [-0.4, -0.2) is 43.6 Å². The SMILES string of the molecule is COCCOCOc1cc(C(O)C#Cc2ccc(C=O)c(O)c2)ccc1C12CC3CC(CC(C3)C1)C2. The van der Waals surface area contributed by atoms with Crippen molar-refractivity contribution >= 4 is 6.29 Å². The molecule has 36 heavy (non-hydrogen) atoms. The van der Waals surface area contributed by atoms with E-state index in [9.17, 15) is 15.0 Å². The van der Waals surface area contributed by atoms with Gasteiger partial charge in [-0.3, -0.25) is 4.79 Å². The van der Waals surface area contributed by atoms with Crippen molar-refractivity contribution in [3.8, 4) is 23.3 Å². The third-order valence-electron chi connectivity index (χ3n) is 8.17. The van der Waals surface area contributed by atoms with Crippen molar-refractivity contribution in [1.82, 2.24) is 0 Å². The molecule has 0 aliphatic heterocycles. The van der Waals surface area contributed by atoms with Crippen molar-refractivity contribution in [2.75, 3.05) is 27.1 Å². The number of hydrogen-bond acceptors (Lipinski definition) is 6. The Bertz CT molecular complexity index is 1120. The van der Waals surface area contributed by atoms with Crippen LogP contribution in [0.2, 0.25) is 0 Å². The van der Waals surface area contributed by atoms with Gasteiger partial charge in [0.2, 0.25) is 0 Å². The van der Waals surface area contributed by atoms with Gasteiger partial charge in [-0.15, -0.1) is 0 Å². The van der Waals surface area contributed by atoms with Gasteiger partial charge in [-0.25, -0.2) is 0 Å². The van der Waals surface area contributed by atoms with E-state index in [1.165, 1.54) is 56.2 Å². The first-order chi connectivity index (χ1) is 17.5. The van der Waals surface area contributed by atoms with E-state index >= 15 is 0 Å². The molecule has 190 valence electrons. The summed E-state index contributed by atoms with van der Waals surface area (Å²) >= 11 is 0. The topological polar surface area (TPSA) is 85.2 Å². The monoisotopic (exact) mass is 490 g/mol. The second kappa shape index (κ2) is 10.6. The molecule has 4 fully saturated rings. The summed E-state index contributed by atoms with van der Waals surface area (Å²) in [6, 6.07) is 10.6. The number of benzene rings is 2. The number of phenolic OH excluding ortho intramolecular Hbond substituents is 1. The lowest BCUT2D eigenvalue weighted by Crippen LogP contribution is -2.48. The van der Waals surface area contributed by atoms with Gasteiger partial charge in [-0.1, -0.05) is 24.0 Å². The van der Waals surface area contributed by atoms with Crippen molar-refractivity contribution in [3.63, 3.8) is 0 Å². The molecule has 0 radical (unpaired) electrons. The average Bonchev–Trinajstić information content (AvgIpc) is 2.86. The second-order valence-electron chi connectivity index (χ2n) is 10.7. The lowest BCUT2D eigenvalue weighted by molar-refractivity contribution is -0.0190. The first-order valence-corrected chi connectivity index (χ1v) is 12.8. The molecule has 4 saturated carbocycles. The van der Waals surface area contributed by atoms with Gasteiger partial charge in [-0.05, 0) is 91.5 Å². The largest absolute Gasteiger partial charge is 0.507 e. The van der Waals surface area contributed by atoms with Crippen molar-refractivity contribution in [3.05, 3.63) is 58.7 Å². The molecule has 6 rings (SSSR count). The van der Waals surface area contributed by atoms with Crippen LogP contribution in [0, 0.1) is 29.6 Å². The van der Waals surface area contributed by atoms with Crippen molar-refractivity contribution in [2.45, 2.75) is 50.0 Å². The van der Waals surface area contributed by atoms with Crippen LogP contribution in [0.5, 0.6) is 11.5 Å². The summed E-state index contributed by atoms with van der Waals surface area (Å²) in [5.41, 5.74) is 2.75. The number of methoxy groups -OCH3 is 1. The Morgan fingerprint density at radius 2 is 1.78 bits per heavy atom. The molecular formula is C30H34O6. The molecule has 4 bridgehead atoms. The number of aliphatic hydroxyl groups excluding tert-OH is 1. The molecule has 2 aromatic rings. The smallest absolute Gasteiger partial charge is 0.189 e. The van der Waals surface area contributed by atoms with E-state index in [0.717, 1.165) is 23.5 Å². The summed E-state index contributed by atoms with van der Waals surface area (Å²) in [7, 11) is 1.64. The summed E-state index contributed by atoms with van der Waals surface area (Å²) in [6.45, 7) is 1.08. The Labute approximate surface area is 212 Å².